The van der Waals surface area contributed by atoms with Gasteiger partial charge in [0.05, 0.1) is 6.61 Å². The number of esters is 1. The predicted octanol–water partition coefficient (Wildman–Crippen LogP) is 1.49. The maximum Gasteiger partial charge on any atom is 0.334 e. The Kier molecular flexibility index (Phi) is 6.76. The summed E-state index contributed by atoms with van der Waals surface area (Å²) >= 11 is 0. The van der Waals surface area contributed by atoms with E-state index in [9.17, 15) is 9.90 Å². The molecule has 0 aliphatic carbocycles. The lowest BCUT2D eigenvalue weighted by Crippen LogP contribution is -2.22. The largest absolute Gasteiger partial charge is 0.464 e. The van der Waals surface area contributed by atoms with Crippen LogP contribution in [0.2, 0.25) is 0 Å². The van der Waals surface area contributed by atoms with Crippen LogP contribution in [-0.4, -0.2) is 23.8 Å². The van der Waals surface area contributed by atoms with Gasteiger partial charge in [0.1, 0.15) is 0 Å². The van der Waals surface area contributed by atoms with Crippen LogP contribution in [0.4, 0.5) is 0 Å². The number of ether oxygens (including phenoxy) is 1. The van der Waals surface area contributed by atoms with Gasteiger partial charge in [-0.3, -0.25) is 0 Å². The van der Waals surface area contributed by atoms with Gasteiger partial charge in [0, 0.05) is 0 Å². The van der Waals surface area contributed by atoms with Crippen molar-refractivity contribution in [2.24, 2.45) is 0 Å². The highest BCUT2D eigenvalue weighted by atomic mass is 16.5. The van der Waals surface area contributed by atoms with Gasteiger partial charge >= 0.3 is 5.97 Å². The zero-order valence-electron chi connectivity index (χ0n) is 7.88. The highest BCUT2D eigenvalue weighted by Crippen LogP contribution is 2.04. The van der Waals surface area contributed by atoms with Gasteiger partial charge in [-0.25, -0.2) is 4.79 Å². The average molecular weight is 174 g/mol. The average Bonchev–Trinajstić information content (AvgIpc) is 2.05. The summed E-state index contributed by atoms with van der Waals surface area (Å²) in [7, 11) is 0. The molecule has 0 amide bonds. The van der Waals surface area contributed by atoms with Crippen molar-refractivity contribution in [1.82, 2.24) is 0 Å². The topological polar surface area (TPSA) is 46.5 Å². The Morgan fingerprint density at radius 3 is 2.58 bits per heavy atom. The third-order valence-electron chi connectivity index (χ3n) is 1.64. The molecule has 0 heterocycles. The molecule has 3 nitrogen and oxygen atoms in total. The van der Waals surface area contributed by atoms with E-state index in [0.29, 0.717) is 13.0 Å². The first-order chi connectivity index (χ1) is 5.72. The molecule has 1 N–H and O–H groups in total. The quantitative estimate of drug-likeness (QED) is 0.490. The molecule has 0 rings (SSSR count). The van der Waals surface area contributed by atoms with Crippen molar-refractivity contribution in [3.63, 3.8) is 0 Å². The van der Waals surface area contributed by atoms with E-state index < -0.39 is 12.1 Å². The van der Waals surface area contributed by atoms with Gasteiger partial charge in [0.2, 0.25) is 0 Å². The summed E-state index contributed by atoms with van der Waals surface area (Å²) in [6.07, 6.45) is 2.63. The molecule has 0 aromatic rings. The summed E-state index contributed by atoms with van der Waals surface area (Å²) in [5, 5.41) is 9.20. The fourth-order valence-electron chi connectivity index (χ4n) is 0.944. The SMILES string of the molecule is CCCCC[C@H](O)C(=O)OCC. The second-order valence-corrected chi connectivity index (χ2v) is 2.76. The molecule has 72 valence electrons. The standard InChI is InChI=1S/C9H18O3/c1-3-5-6-7-8(10)9(11)12-4-2/h8,10H,3-7H2,1-2H3/t8-/m0/s1. The molecular weight excluding hydrogens is 156 g/mol. The molecular formula is C9H18O3. The van der Waals surface area contributed by atoms with E-state index in [0.717, 1.165) is 19.3 Å². The number of hydrogen-bond donors (Lipinski definition) is 1. The zero-order valence-corrected chi connectivity index (χ0v) is 7.88. The molecule has 0 fully saturated rings. The van der Waals surface area contributed by atoms with E-state index in [1.807, 2.05) is 0 Å². The minimum Gasteiger partial charge on any atom is -0.464 e. The molecule has 0 saturated heterocycles. The number of aliphatic hydroxyl groups is 1. The van der Waals surface area contributed by atoms with E-state index >= 15 is 0 Å². The van der Waals surface area contributed by atoms with Crippen LogP contribution in [0.25, 0.3) is 0 Å². The minimum atomic E-state index is -0.920. The van der Waals surface area contributed by atoms with E-state index in [1.54, 1.807) is 6.92 Å². The first-order valence-electron chi connectivity index (χ1n) is 4.57. The van der Waals surface area contributed by atoms with Crippen molar-refractivity contribution in [2.45, 2.75) is 45.6 Å². The van der Waals surface area contributed by atoms with Gasteiger partial charge in [-0.2, -0.15) is 0 Å². The van der Waals surface area contributed by atoms with Crippen molar-refractivity contribution in [3.05, 3.63) is 0 Å². The Morgan fingerprint density at radius 1 is 1.42 bits per heavy atom. The third kappa shape index (κ3) is 5.13. The van der Waals surface area contributed by atoms with E-state index in [2.05, 4.69) is 11.7 Å². The molecule has 0 aromatic carbocycles. The lowest BCUT2D eigenvalue weighted by molar-refractivity contribution is -0.153. The number of aliphatic hydroxyl groups excluding tert-OH is 1. The van der Waals surface area contributed by atoms with E-state index in [4.69, 9.17) is 0 Å². The molecule has 0 radical (unpaired) electrons. The summed E-state index contributed by atoms with van der Waals surface area (Å²) in [5.74, 6) is -0.492. The van der Waals surface area contributed by atoms with Crippen molar-refractivity contribution in [2.75, 3.05) is 6.61 Å². The highest BCUT2D eigenvalue weighted by Gasteiger charge is 2.14. The second-order valence-electron chi connectivity index (χ2n) is 2.76. The maximum absolute atomic E-state index is 10.9. The van der Waals surface area contributed by atoms with Gasteiger partial charge in [-0.05, 0) is 13.3 Å². The number of rotatable bonds is 6. The Bertz CT molecular complexity index is 123. The van der Waals surface area contributed by atoms with Crippen molar-refractivity contribution in [1.29, 1.82) is 0 Å². The van der Waals surface area contributed by atoms with Crippen LogP contribution in [0.15, 0.2) is 0 Å². The summed E-state index contributed by atoms with van der Waals surface area (Å²) in [5.41, 5.74) is 0. The van der Waals surface area contributed by atoms with Crippen LogP contribution in [0.3, 0.4) is 0 Å². The molecule has 0 aliphatic rings. The normalized spacial score (nSPS) is 12.6. The number of carbonyl (C=O) groups is 1. The Labute approximate surface area is 73.7 Å². The zero-order chi connectivity index (χ0) is 9.40. The summed E-state index contributed by atoms with van der Waals surface area (Å²) in [6, 6.07) is 0. The summed E-state index contributed by atoms with van der Waals surface area (Å²) in [4.78, 5) is 10.9. The Hall–Kier alpha value is -0.570. The van der Waals surface area contributed by atoms with Gasteiger partial charge in [0.15, 0.2) is 6.10 Å². The van der Waals surface area contributed by atoms with Crippen molar-refractivity contribution >= 4 is 5.97 Å². The Balaban J connectivity index is 3.42. The lowest BCUT2D eigenvalue weighted by Gasteiger charge is -2.08. The van der Waals surface area contributed by atoms with Gasteiger partial charge in [0.25, 0.3) is 0 Å². The number of carbonyl (C=O) groups excluding carboxylic acids is 1. The smallest absolute Gasteiger partial charge is 0.334 e. The van der Waals surface area contributed by atoms with Crippen LogP contribution < -0.4 is 0 Å². The van der Waals surface area contributed by atoms with E-state index in [-0.39, 0.29) is 0 Å². The fraction of sp³-hybridized carbons (Fsp3) is 0.889. The molecule has 0 spiro atoms. The minimum absolute atomic E-state index is 0.337. The molecule has 0 unspecified atom stereocenters. The number of hydrogen-bond acceptors (Lipinski definition) is 3. The van der Waals surface area contributed by atoms with Gasteiger partial charge in [-0.1, -0.05) is 26.2 Å². The maximum atomic E-state index is 10.9. The van der Waals surface area contributed by atoms with Crippen LogP contribution >= 0.6 is 0 Å². The first-order valence-corrected chi connectivity index (χ1v) is 4.57. The molecule has 3 heteroatoms. The number of unbranched alkanes of at least 4 members (excludes halogenated alkanes) is 2. The van der Waals surface area contributed by atoms with Crippen molar-refractivity contribution in [3.8, 4) is 0 Å². The van der Waals surface area contributed by atoms with Crippen LogP contribution in [0, 0.1) is 0 Å². The monoisotopic (exact) mass is 174 g/mol. The fourth-order valence-corrected chi connectivity index (χ4v) is 0.944. The molecule has 0 bridgehead atoms. The Morgan fingerprint density at radius 2 is 2.08 bits per heavy atom. The molecule has 0 aromatic heterocycles. The third-order valence-corrected chi connectivity index (χ3v) is 1.64. The molecule has 0 aliphatic heterocycles. The summed E-state index contributed by atoms with van der Waals surface area (Å²) < 4.78 is 4.65. The predicted molar refractivity (Wildman–Crippen MR) is 46.8 cm³/mol. The molecule has 1 atom stereocenters. The second kappa shape index (κ2) is 7.10. The van der Waals surface area contributed by atoms with E-state index in [1.165, 1.54) is 0 Å². The molecule has 12 heavy (non-hydrogen) atoms. The van der Waals surface area contributed by atoms with Crippen LogP contribution in [0.1, 0.15) is 39.5 Å². The van der Waals surface area contributed by atoms with Crippen LogP contribution in [-0.2, 0) is 9.53 Å². The van der Waals surface area contributed by atoms with Crippen LogP contribution in [0.5, 0.6) is 0 Å². The van der Waals surface area contributed by atoms with Crippen molar-refractivity contribution < 1.29 is 14.6 Å². The summed E-state index contributed by atoms with van der Waals surface area (Å²) in [6.45, 7) is 4.15. The highest BCUT2D eigenvalue weighted by molar-refractivity contribution is 5.74. The molecule has 0 saturated carbocycles. The first kappa shape index (κ1) is 11.4. The lowest BCUT2D eigenvalue weighted by atomic mass is 10.1. The van der Waals surface area contributed by atoms with Gasteiger partial charge in [-0.15, -0.1) is 0 Å². The van der Waals surface area contributed by atoms with Gasteiger partial charge < -0.3 is 9.84 Å².